The van der Waals surface area contributed by atoms with E-state index in [1.165, 1.54) is 0 Å². The second kappa shape index (κ2) is 26.2. The van der Waals surface area contributed by atoms with Crippen molar-refractivity contribution in [1.82, 2.24) is 39.9 Å². The molecule has 0 spiro atoms. The lowest BCUT2D eigenvalue weighted by atomic mass is 9.98. The molecule has 2 aliphatic heterocycles. The summed E-state index contributed by atoms with van der Waals surface area (Å²) in [7, 11) is 0. The van der Waals surface area contributed by atoms with E-state index in [1.54, 1.807) is 0 Å². The molecule has 506 valence electrons. The number of aromatic nitrogens is 8. The van der Waals surface area contributed by atoms with E-state index in [0.29, 0.717) is 68.2 Å². The van der Waals surface area contributed by atoms with Gasteiger partial charge in [-0.1, -0.05) is 146 Å². The summed E-state index contributed by atoms with van der Waals surface area (Å²) in [5.41, 5.74) is 3.05. The summed E-state index contributed by atoms with van der Waals surface area (Å²) in [6.07, 6.45) is 0. The highest BCUT2D eigenvalue weighted by Gasteiger charge is 2.38. The van der Waals surface area contributed by atoms with E-state index in [1.807, 2.05) is 243 Å². The summed E-state index contributed by atoms with van der Waals surface area (Å²) in [6, 6.07) is 73.5. The Morgan fingerprint density at radius 3 is 0.625 bits per heavy atom. The maximum atomic E-state index is 17.2. The van der Waals surface area contributed by atoms with Crippen molar-refractivity contribution in [2.24, 2.45) is 0 Å². The summed E-state index contributed by atoms with van der Waals surface area (Å²) in [4.78, 5) is 36.0. The largest absolute Gasteiger partial charge is 0.353 e. The van der Waals surface area contributed by atoms with Gasteiger partial charge >= 0.3 is 0 Å². The van der Waals surface area contributed by atoms with Gasteiger partial charge in [0, 0.05) is 45.5 Å². The Kier molecular flexibility index (Phi) is 15.9. The van der Waals surface area contributed by atoms with E-state index in [9.17, 15) is 0 Å². The highest BCUT2D eigenvalue weighted by Crippen LogP contribution is 2.58. The number of nitrogens with zero attached hydrogens (tertiary/aromatic N) is 6. The standard InChI is InChI=1S/C80H50F8N16/c81-57-49-51(59(83)63(87)61(57)85)75-98-73(49)97-74-50-52(60(84)64(88)62(86)58(50)82)76(99-74)101-78-54-56(68(92-44-31-15-4-16-32-44)72(96-48-39-23-8-24-40-48)70(94-46-35-19-6-20-36-46)66(54)90-42-27-11-2-12-28-42)80(103-78)104-79-55-53(77(100-75)102-79)65(89-41-25-9-1-10-26-41)69(93-45-33-17-5-18-34-45)71(95-47-37-21-7-22-38-47)67(55)91-43-29-13-3-14-30-43/h1-40,89-96H,(H2,97,98,99,100,101,102,103,104). The summed E-state index contributed by atoms with van der Waals surface area (Å²) < 4.78 is 133. The number of anilines is 16. The predicted molar refractivity (Wildman–Crippen MR) is 394 cm³/mol. The summed E-state index contributed by atoms with van der Waals surface area (Å²) in [5.74, 6) is -19.4. The quantitative estimate of drug-likeness (QED) is 0.0248. The minimum atomic E-state index is -2.30. The Bertz CT molecular complexity index is 6070. The van der Waals surface area contributed by atoms with Gasteiger partial charge in [0.05, 0.1) is 89.3 Å². The predicted octanol–water partition coefficient (Wildman–Crippen LogP) is 21.9. The van der Waals surface area contributed by atoms with Gasteiger partial charge in [-0.05, 0) is 97.1 Å². The summed E-state index contributed by atoms with van der Waals surface area (Å²) in [6.45, 7) is 0. The molecule has 10 N–H and O–H groups in total. The van der Waals surface area contributed by atoms with E-state index in [-0.39, 0.29) is 67.6 Å². The van der Waals surface area contributed by atoms with Crippen molar-refractivity contribution in [3.8, 4) is 45.6 Å². The third-order valence-electron chi connectivity index (χ3n) is 17.5. The van der Waals surface area contributed by atoms with Gasteiger partial charge in [0.1, 0.15) is 22.6 Å². The average molecular weight is 1390 g/mol. The first-order chi connectivity index (χ1) is 50.9. The number of benzene rings is 12. The summed E-state index contributed by atoms with van der Waals surface area (Å²) in [5, 5.41) is 27.6. The number of nitrogens with one attached hydrogen (secondary N) is 10. The lowest BCUT2D eigenvalue weighted by molar-refractivity contribution is 0.412. The minimum absolute atomic E-state index is 0.0797. The zero-order valence-corrected chi connectivity index (χ0v) is 53.8. The van der Waals surface area contributed by atoms with Crippen LogP contribution in [0.1, 0.15) is 0 Å². The Balaban J connectivity index is 1.14. The molecule has 3 aromatic heterocycles. The second-order valence-electron chi connectivity index (χ2n) is 24.0. The molecule has 0 saturated carbocycles. The molecule has 0 fully saturated rings. The molecule has 5 heterocycles. The fraction of sp³-hybridized carbons (Fsp3) is 0. The Hall–Kier alpha value is -14.2. The zero-order valence-electron chi connectivity index (χ0n) is 53.8. The Morgan fingerprint density at radius 2 is 0.375 bits per heavy atom. The smallest absolute Gasteiger partial charge is 0.198 e. The maximum Gasteiger partial charge on any atom is 0.198 e. The fourth-order valence-electron chi connectivity index (χ4n) is 12.9. The molecule has 24 heteroatoms. The minimum Gasteiger partial charge on any atom is -0.353 e. The topological polar surface area (TPSA) is 205 Å². The van der Waals surface area contributed by atoms with Crippen LogP contribution in [0.25, 0.3) is 89.7 Å². The number of H-pyrrole nitrogens is 2. The second-order valence-corrected chi connectivity index (χ2v) is 24.0. The Morgan fingerprint density at radius 1 is 0.183 bits per heavy atom. The van der Waals surface area contributed by atoms with Gasteiger partial charge in [-0.25, -0.2) is 65.0 Å². The van der Waals surface area contributed by atoms with Gasteiger partial charge in [0.25, 0.3) is 0 Å². The molecule has 0 radical (unpaired) electrons. The van der Waals surface area contributed by atoms with Crippen LogP contribution in [0.4, 0.5) is 126 Å². The number of rotatable bonds is 16. The van der Waals surface area contributed by atoms with Gasteiger partial charge in [-0.15, -0.1) is 0 Å². The molecule has 0 unspecified atom stereocenters. The maximum absolute atomic E-state index is 17.2. The van der Waals surface area contributed by atoms with Gasteiger partial charge < -0.3 is 52.5 Å². The van der Waals surface area contributed by atoms with Gasteiger partial charge in [0.2, 0.25) is 0 Å². The van der Waals surface area contributed by atoms with Gasteiger partial charge in [0.15, 0.2) is 69.8 Å². The molecule has 17 rings (SSSR count). The number of hydrogen-bond donors (Lipinski definition) is 10. The van der Waals surface area contributed by atoms with Crippen molar-refractivity contribution in [3.63, 3.8) is 0 Å². The van der Waals surface area contributed by atoms with E-state index in [2.05, 4.69) is 62.5 Å². The van der Waals surface area contributed by atoms with Crippen LogP contribution in [0.3, 0.4) is 0 Å². The number of halogens is 8. The molecule has 16 nitrogen and oxygen atoms in total. The third-order valence-corrected chi connectivity index (χ3v) is 17.5. The Labute approximate surface area is 584 Å². The molecule has 0 amide bonds. The van der Waals surface area contributed by atoms with Crippen molar-refractivity contribution < 1.29 is 35.1 Å². The van der Waals surface area contributed by atoms with Crippen LogP contribution in [0.2, 0.25) is 0 Å². The van der Waals surface area contributed by atoms with Crippen molar-refractivity contribution in [1.29, 1.82) is 0 Å². The molecule has 2 aliphatic rings. The highest BCUT2D eigenvalue weighted by atomic mass is 19.2. The van der Waals surface area contributed by atoms with E-state index >= 15 is 35.1 Å². The fourth-order valence-corrected chi connectivity index (χ4v) is 12.9. The molecule has 8 bridgehead atoms. The van der Waals surface area contributed by atoms with Crippen LogP contribution >= 0.6 is 0 Å². The number of para-hydroxylation sites is 8. The van der Waals surface area contributed by atoms with E-state index < -0.39 is 91.4 Å². The van der Waals surface area contributed by atoms with Crippen LogP contribution in [-0.2, 0) is 0 Å². The normalized spacial score (nSPS) is 11.5. The molecule has 0 saturated heterocycles. The lowest BCUT2D eigenvalue weighted by Crippen LogP contribution is -2.08. The molecular formula is C80H50F8N16. The van der Waals surface area contributed by atoms with Crippen LogP contribution in [0.15, 0.2) is 243 Å². The SMILES string of the molecule is Fc1c(F)c(F)c2c(c1F)-c1nc-2nc2[nH]c(nc3nc(nc4[nH]c(n1)c1c(F)c(F)c(F)c(F)c41)-c1c(Nc4ccccc4)c(Nc4ccccc4)c(Nc4ccccc4)c(Nc4ccccc4)c1-3)c1c(Nc3ccccc3)c(Nc3ccccc3)c(Nc3ccccc3)c(Nc3ccccc3)c21. The molecule has 104 heavy (non-hydrogen) atoms. The molecule has 12 aromatic carbocycles. The van der Waals surface area contributed by atoms with Crippen molar-refractivity contribution in [2.45, 2.75) is 0 Å². The van der Waals surface area contributed by atoms with Crippen molar-refractivity contribution in [2.75, 3.05) is 42.5 Å². The number of fused-ring (bicyclic) bond motifs is 20. The molecule has 0 aliphatic carbocycles. The van der Waals surface area contributed by atoms with E-state index in [0.717, 1.165) is 0 Å². The number of aromatic amines is 2. The lowest BCUT2D eigenvalue weighted by Gasteiger charge is -2.26. The van der Waals surface area contributed by atoms with Crippen molar-refractivity contribution >= 4 is 135 Å². The third kappa shape index (κ3) is 11.3. The molecule has 0 atom stereocenters. The first-order valence-corrected chi connectivity index (χ1v) is 32.5. The van der Waals surface area contributed by atoms with Crippen LogP contribution in [0.5, 0.6) is 0 Å². The van der Waals surface area contributed by atoms with Crippen LogP contribution in [-0.4, -0.2) is 39.9 Å². The first kappa shape index (κ1) is 63.3. The molecular weight excluding hydrogens is 1340 g/mol. The highest BCUT2D eigenvalue weighted by molar-refractivity contribution is 6.26. The van der Waals surface area contributed by atoms with Crippen molar-refractivity contribution in [3.05, 3.63) is 289 Å². The zero-order chi connectivity index (χ0) is 70.7. The molecule has 15 aromatic rings. The van der Waals surface area contributed by atoms with Crippen LogP contribution < -0.4 is 42.5 Å². The monoisotopic (exact) mass is 1390 g/mol. The van der Waals surface area contributed by atoms with Gasteiger partial charge in [-0.3, -0.25) is 0 Å². The van der Waals surface area contributed by atoms with Gasteiger partial charge in [-0.2, -0.15) is 0 Å². The first-order valence-electron chi connectivity index (χ1n) is 32.5. The van der Waals surface area contributed by atoms with E-state index in [4.69, 9.17) is 19.9 Å². The average Bonchev–Trinajstić information content (AvgIpc) is 1.54. The number of hydrogen-bond acceptors (Lipinski definition) is 14. The van der Waals surface area contributed by atoms with Crippen LogP contribution in [0, 0.1) is 46.5 Å². The summed E-state index contributed by atoms with van der Waals surface area (Å²) >= 11 is 0.